The smallest absolute Gasteiger partial charge is 0.209 e. The first-order chi connectivity index (χ1) is 11.8. The van der Waals surface area contributed by atoms with Crippen LogP contribution < -0.4 is 0 Å². The Hall–Kier alpha value is -2.09. The minimum Gasteiger partial charge on any atom is -0.440 e. The Bertz CT molecular complexity index is 949. The highest BCUT2D eigenvalue weighted by atomic mass is 35.5. The molecule has 1 N–H and O–H groups in total. The third-order valence-corrected chi connectivity index (χ3v) is 5.15. The van der Waals surface area contributed by atoms with Crippen molar-refractivity contribution in [1.29, 1.82) is 0 Å². The first-order valence-corrected chi connectivity index (χ1v) is 9.32. The summed E-state index contributed by atoms with van der Waals surface area (Å²) in [5, 5.41) is 10.5. The van der Waals surface area contributed by atoms with Gasteiger partial charge in [-0.05, 0) is 23.6 Å². The molecule has 3 aromatic heterocycles. The molecule has 4 rings (SSSR count). The normalized spacial score (nSPS) is 11.0. The van der Waals surface area contributed by atoms with Gasteiger partial charge in [0.05, 0.1) is 16.8 Å². The maximum absolute atomic E-state index is 6.00. The molecular weight excluding hydrogens is 364 g/mol. The van der Waals surface area contributed by atoms with E-state index in [-0.39, 0.29) is 0 Å². The number of thioether (sulfide) groups is 1. The number of rotatable bonds is 5. The number of thiophene rings is 1. The van der Waals surface area contributed by atoms with E-state index in [1.54, 1.807) is 17.5 Å². The number of halogens is 1. The van der Waals surface area contributed by atoms with Gasteiger partial charge < -0.3 is 4.42 Å². The molecular formula is C16H11ClN4OS2. The van der Waals surface area contributed by atoms with Crippen LogP contribution in [0.5, 0.6) is 0 Å². The monoisotopic (exact) mass is 374 g/mol. The number of benzene rings is 1. The Morgan fingerprint density at radius 2 is 2.21 bits per heavy atom. The van der Waals surface area contributed by atoms with Crippen LogP contribution in [0.4, 0.5) is 0 Å². The van der Waals surface area contributed by atoms with Crippen molar-refractivity contribution in [3.05, 3.63) is 58.9 Å². The molecule has 3 heterocycles. The number of aromatic nitrogens is 4. The highest BCUT2D eigenvalue weighted by Gasteiger charge is 2.11. The standard InChI is InChI=1S/C16H11ClN4OS2/c17-11-4-1-3-10(7-11)12-8-18-14(22-12)9-24-16-19-15(20-21-16)13-5-2-6-23-13/h1-8H,9H2,(H,19,20,21). The van der Waals surface area contributed by atoms with Gasteiger partial charge in [-0.2, -0.15) is 0 Å². The van der Waals surface area contributed by atoms with Gasteiger partial charge in [0, 0.05) is 10.6 Å². The van der Waals surface area contributed by atoms with Crippen molar-refractivity contribution in [3.63, 3.8) is 0 Å². The lowest BCUT2D eigenvalue weighted by molar-refractivity contribution is 0.530. The van der Waals surface area contributed by atoms with Gasteiger partial charge >= 0.3 is 0 Å². The molecule has 120 valence electrons. The fourth-order valence-electron chi connectivity index (χ4n) is 2.11. The number of oxazole rings is 1. The van der Waals surface area contributed by atoms with Crippen molar-refractivity contribution in [2.24, 2.45) is 0 Å². The van der Waals surface area contributed by atoms with E-state index in [1.807, 2.05) is 41.8 Å². The van der Waals surface area contributed by atoms with Crippen LogP contribution >= 0.6 is 34.7 Å². The fraction of sp³-hybridized carbons (Fsp3) is 0.0625. The zero-order chi connectivity index (χ0) is 16.4. The number of nitrogens with one attached hydrogen (secondary N) is 1. The second kappa shape index (κ2) is 6.80. The van der Waals surface area contributed by atoms with Gasteiger partial charge in [-0.25, -0.2) is 9.97 Å². The Balaban J connectivity index is 1.43. The molecule has 5 nitrogen and oxygen atoms in total. The summed E-state index contributed by atoms with van der Waals surface area (Å²) in [6.45, 7) is 0. The average molecular weight is 375 g/mol. The van der Waals surface area contributed by atoms with E-state index >= 15 is 0 Å². The summed E-state index contributed by atoms with van der Waals surface area (Å²) in [6, 6.07) is 11.5. The van der Waals surface area contributed by atoms with Gasteiger partial charge in [0.15, 0.2) is 11.6 Å². The Morgan fingerprint density at radius 3 is 3.04 bits per heavy atom. The van der Waals surface area contributed by atoms with Crippen LogP contribution in [0, 0.1) is 0 Å². The van der Waals surface area contributed by atoms with Crippen molar-refractivity contribution in [1.82, 2.24) is 20.2 Å². The molecule has 0 unspecified atom stereocenters. The van der Waals surface area contributed by atoms with E-state index in [4.69, 9.17) is 16.0 Å². The summed E-state index contributed by atoms with van der Waals surface area (Å²) in [5.74, 6) is 2.65. The predicted molar refractivity (Wildman–Crippen MR) is 96.2 cm³/mol. The number of hydrogen-bond donors (Lipinski definition) is 1. The van der Waals surface area contributed by atoms with E-state index in [0.717, 1.165) is 16.3 Å². The minimum absolute atomic E-state index is 0.558. The fourth-order valence-corrected chi connectivity index (χ4v) is 3.62. The van der Waals surface area contributed by atoms with E-state index in [9.17, 15) is 0 Å². The molecule has 0 saturated carbocycles. The second-order valence-corrected chi connectivity index (χ2v) is 7.19. The highest BCUT2D eigenvalue weighted by Crippen LogP contribution is 2.27. The predicted octanol–water partition coefficient (Wildman–Crippen LogP) is 5.13. The second-order valence-electron chi connectivity index (χ2n) is 4.86. The number of nitrogens with zero attached hydrogens (tertiary/aromatic N) is 3. The quantitative estimate of drug-likeness (QED) is 0.490. The lowest BCUT2D eigenvalue weighted by Gasteiger charge is -1.96. The number of H-pyrrole nitrogens is 1. The molecule has 0 bridgehead atoms. The zero-order valence-corrected chi connectivity index (χ0v) is 14.7. The third-order valence-electron chi connectivity index (χ3n) is 3.21. The third kappa shape index (κ3) is 3.38. The molecule has 0 amide bonds. The van der Waals surface area contributed by atoms with E-state index in [2.05, 4.69) is 20.2 Å². The molecule has 0 saturated heterocycles. The Kier molecular flexibility index (Phi) is 4.38. The van der Waals surface area contributed by atoms with Gasteiger partial charge in [-0.1, -0.05) is 41.6 Å². The van der Waals surface area contributed by atoms with Gasteiger partial charge in [-0.3, -0.25) is 5.10 Å². The maximum atomic E-state index is 6.00. The molecule has 0 radical (unpaired) electrons. The summed E-state index contributed by atoms with van der Waals surface area (Å²) >= 11 is 9.10. The van der Waals surface area contributed by atoms with E-state index < -0.39 is 0 Å². The number of hydrogen-bond acceptors (Lipinski definition) is 6. The minimum atomic E-state index is 0.558. The first-order valence-electron chi connectivity index (χ1n) is 7.08. The summed E-state index contributed by atoms with van der Waals surface area (Å²) in [4.78, 5) is 9.83. The van der Waals surface area contributed by atoms with Crippen LogP contribution in [-0.2, 0) is 5.75 Å². The number of aromatic amines is 1. The van der Waals surface area contributed by atoms with Crippen molar-refractivity contribution in [3.8, 4) is 22.0 Å². The van der Waals surface area contributed by atoms with Crippen molar-refractivity contribution < 1.29 is 4.42 Å². The van der Waals surface area contributed by atoms with Gasteiger partial charge in [0.25, 0.3) is 0 Å². The molecule has 0 atom stereocenters. The van der Waals surface area contributed by atoms with Gasteiger partial charge in [0.2, 0.25) is 11.0 Å². The zero-order valence-electron chi connectivity index (χ0n) is 12.3. The average Bonchev–Trinajstić information content (AvgIpc) is 3.33. The van der Waals surface area contributed by atoms with Crippen molar-refractivity contribution in [2.75, 3.05) is 0 Å². The van der Waals surface area contributed by atoms with E-state index in [1.165, 1.54) is 11.8 Å². The van der Waals surface area contributed by atoms with Crippen molar-refractivity contribution >= 4 is 34.7 Å². The molecule has 24 heavy (non-hydrogen) atoms. The summed E-state index contributed by atoms with van der Waals surface area (Å²) in [7, 11) is 0. The SMILES string of the molecule is Clc1cccc(-c2cnc(CSc3n[nH]c(-c4cccs4)n3)o2)c1. The topological polar surface area (TPSA) is 67.6 Å². The molecule has 8 heteroatoms. The molecule has 0 spiro atoms. The summed E-state index contributed by atoms with van der Waals surface area (Å²) in [6.07, 6.45) is 1.70. The Morgan fingerprint density at radius 1 is 1.25 bits per heavy atom. The molecule has 0 aliphatic rings. The van der Waals surface area contributed by atoms with Crippen LogP contribution in [0.2, 0.25) is 5.02 Å². The molecule has 0 aliphatic carbocycles. The van der Waals surface area contributed by atoms with Crippen LogP contribution in [0.25, 0.3) is 22.0 Å². The summed E-state index contributed by atoms with van der Waals surface area (Å²) < 4.78 is 5.77. The van der Waals surface area contributed by atoms with Crippen LogP contribution in [0.3, 0.4) is 0 Å². The Labute approximate surface area is 151 Å². The lowest BCUT2D eigenvalue weighted by atomic mass is 10.2. The van der Waals surface area contributed by atoms with Gasteiger partial charge in [0.1, 0.15) is 0 Å². The molecule has 0 aliphatic heterocycles. The molecule has 0 fully saturated rings. The van der Waals surface area contributed by atoms with Crippen molar-refractivity contribution in [2.45, 2.75) is 10.9 Å². The van der Waals surface area contributed by atoms with E-state index in [0.29, 0.717) is 27.6 Å². The first kappa shape index (κ1) is 15.4. The molecule has 1 aromatic carbocycles. The summed E-state index contributed by atoms with van der Waals surface area (Å²) in [5.41, 5.74) is 0.907. The lowest BCUT2D eigenvalue weighted by Crippen LogP contribution is -1.81. The van der Waals surface area contributed by atoms with Gasteiger partial charge in [-0.15, -0.1) is 16.4 Å². The highest BCUT2D eigenvalue weighted by molar-refractivity contribution is 7.98. The molecule has 4 aromatic rings. The maximum Gasteiger partial charge on any atom is 0.209 e. The van der Waals surface area contributed by atoms with Crippen LogP contribution in [0.15, 0.2) is 57.5 Å². The largest absolute Gasteiger partial charge is 0.440 e. The van der Waals surface area contributed by atoms with Crippen LogP contribution in [-0.4, -0.2) is 20.2 Å². The van der Waals surface area contributed by atoms with Crippen LogP contribution in [0.1, 0.15) is 5.89 Å².